The zero-order chi connectivity index (χ0) is 19.2. The lowest BCUT2D eigenvalue weighted by atomic mass is 10.1. The Kier molecular flexibility index (Phi) is 4.78. The molecule has 26 heavy (non-hydrogen) atoms. The van der Waals surface area contributed by atoms with Crippen LogP contribution in [0.3, 0.4) is 0 Å². The van der Waals surface area contributed by atoms with Gasteiger partial charge in [0.25, 0.3) is 5.56 Å². The van der Waals surface area contributed by atoms with Crippen LogP contribution in [0.1, 0.15) is 37.3 Å². The van der Waals surface area contributed by atoms with Crippen molar-refractivity contribution in [2.45, 2.75) is 39.4 Å². The molecule has 0 amide bonds. The third-order valence-electron chi connectivity index (χ3n) is 3.98. The average molecular weight is 399 g/mol. The van der Waals surface area contributed by atoms with Crippen molar-refractivity contribution in [1.82, 2.24) is 14.5 Å². The molecule has 3 rings (SSSR count). The summed E-state index contributed by atoms with van der Waals surface area (Å²) in [5.74, 6) is 0. The number of H-pyrrole nitrogens is 1. The van der Waals surface area contributed by atoms with Crippen molar-refractivity contribution in [3.63, 3.8) is 0 Å². The second kappa shape index (κ2) is 6.62. The molecule has 0 spiro atoms. The molecule has 0 saturated carbocycles. The SMILES string of the molecule is CCc1ccc(-c2cc(C(F)(F)F)c3c(=O)[nH]c(=S)n(C(C)C)c3n2)s1. The molecule has 0 bridgehead atoms. The molecular weight excluding hydrogens is 383 g/mol. The lowest BCUT2D eigenvalue weighted by molar-refractivity contribution is -0.136. The molecule has 0 unspecified atom stereocenters. The predicted molar refractivity (Wildman–Crippen MR) is 99.3 cm³/mol. The summed E-state index contributed by atoms with van der Waals surface area (Å²) in [5, 5.41) is -0.490. The van der Waals surface area contributed by atoms with Crippen LogP contribution in [-0.4, -0.2) is 14.5 Å². The van der Waals surface area contributed by atoms with Gasteiger partial charge in [-0.05, 0) is 50.7 Å². The monoisotopic (exact) mass is 399 g/mol. The first-order chi connectivity index (χ1) is 12.1. The van der Waals surface area contributed by atoms with Gasteiger partial charge in [0, 0.05) is 10.9 Å². The number of nitrogens with zero attached hydrogens (tertiary/aromatic N) is 2. The molecule has 0 fully saturated rings. The normalized spacial score (nSPS) is 12.3. The van der Waals surface area contributed by atoms with Crippen LogP contribution in [0.4, 0.5) is 13.2 Å². The Balaban J connectivity index is 2.48. The Labute approximate surface area is 156 Å². The van der Waals surface area contributed by atoms with Crippen molar-refractivity contribution in [3.8, 4) is 10.6 Å². The predicted octanol–water partition coefficient (Wildman–Crippen LogP) is 5.34. The number of nitrogens with one attached hydrogen (secondary N) is 1. The van der Waals surface area contributed by atoms with Crippen LogP contribution >= 0.6 is 23.6 Å². The highest BCUT2D eigenvalue weighted by atomic mass is 32.1. The Morgan fingerprint density at radius 1 is 1.35 bits per heavy atom. The molecular formula is C17H16F3N3OS2. The Hall–Kier alpha value is -2.00. The molecule has 3 heterocycles. The Morgan fingerprint density at radius 2 is 2.04 bits per heavy atom. The Morgan fingerprint density at radius 3 is 2.58 bits per heavy atom. The molecule has 4 nitrogen and oxygen atoms in total. The fourth-order valence-corrected chi connectivity index (χ4v) is 4.08. The van der Waals surface area contributed by atoms with Crippen LogP contribution in [0, 0.1) is 4.77 Å². The number of fused-ring (bicyclic) bond motifs is 1. The number of pyridine rings is 1. The summed E-state index contributed by atoms with van der Waals surface area (Å²) < 4.78 is 42.6. The molecule has 9 heteroatoms. The zero-order valence-electron chi connectivity index (χ0n) is 14.3. The van der Waals surface area contributed by atoms with Crippen LogP contribution in [0.2, 0.25) is 0 Å². The van der Waals surface area contributed by atoms with Gasteiger partial charge in [-0.2, -0.15) is 13.2 Å². The van der Waals surface area contributed by atoms with E-state index in [9.17, 15) is 18.0 Å². The van der Waals surface area contributed by atoms with Gasteiger partial charge < -0.3 is 0 Å². The largest absolute Gasteiger partial charge is 0.417 e. The van der Waals surface area contributed by atoms with Crippen molar-refractivity contribution in [2.24, 2.45) is 0 Å². The van der Waals surface area contributed by atoms with Crippen molar-refractivity contribution >= 4 is 34.6 Å². The number of thiophene rings is 1. The fourth-order valence-electron chi connectivity index (χ4n) is 2.78. The third kappa shape index (κ3) is 3.21. The van der Waals surface area contributed by atoms with Crippen LogP contribution < -0.4 is 5.56 Å². The number of aromatic nitrogens is 3. The number of hydrogen-bond acceptors (Lipinski definition) is 4. The van der Waals surface area contributed by atoms with Crippen LogP contribution in [0.5, 0.6) is 0 Å². The molecule has 0 radical (unpaired) electrons. The molecule has 3 aromatic heterocycles. The first-order valence-corrected chi connectivity index (χ1v) is 9.21. The minimum absolute atomic E-state index is 0.0509. The van der Waals surface area contributed by atoms with E-state index in [0.29, 0.717) is 4.88 Å². The van der Waals surface area contributed by atoms with E-state index in [4.69, 9.17) is 12.2 Å². The molecule has 0 aliphatic rings. The van der Waals surface area contributed by atoms with E-state index in [1.165, 1.54) is 15.9 Å². The molecule has 1 N–H and O–H groups in total. The van der Waals surface area contributed by atoms with Gasteiger partial charge >= 0.3 is 6.18 Å². The van der Waals surface area contributed by atoms with Crippen LogP contribution in [0.25, 0.3) is 21.6 Å². The first kappa shape index (κ1) is 18.8. The lowest BCUT2D eigenvalue weighted by Gasteiger charge is -2.17. The topological polar surface area (TPSA) is 50.7 Å². The molecule has 0 saturated heterocycles. The van der Waals surface area contributed by atoms with Gasteiger partial charge in [-0.25, -0.2) is 4.98 Å². The number of hydrogen-bond donors (Lipinski definition) is 1. The van der Waals surface area contributed by atoms with Gasteiger partial charge in [-0.1, -0.05) is 6.92 Å². The zero-order valence-corrected chi connectivity index (χ0v) is 15.9. The highest BCUT2D eigenvalue weighted by Gasteiger charge is 2.35. The minimum atomic E-state index is -4.69. The van der Waals surface area contributed by atoms with Crippen LogP contribution in [-0.2, 0) is 12.6 Å². The fraction of sp³-hybridized carbons (Fsp3) is 0.353. The summed E-state index contributed by atoms with van der Waals surface area (Å²) >= 11 is 6.54. The van der Waals surface area contributed by atoms with Crippen molar-refractivity contribution in [3.05, 3.63) is 43.8 Å². The second-order valence-electron chi connectivity index (χ2n) is 6.09. The van der Waals surface area contributed by atoms with E-state index >= 15 is 0 Å². The van der Waals surface area contributed by atoms with Crippen LogP contribution in [0.15, 0.2) is 23.0 Å². The number of aromatic amines is 1. The minimum Gasteiger partial charge on any atom is -0.300 e. The number of alkyl halides is 3. The first-order valence-electron chi connectivity index (χ1n) is 7.99. The molecule has 0 aliphatic carbocycles. The number of rotatable bonds is 3. The summed E-state index contributed by atoms with van der Waals surface area (Å²) in [4.78, 5) is 20.7. The molecule has 0 aromatic carbocycles. The average Bonchev–Trinajstić information content (AvgIpc) is 3.01. The van der Waals surface area contributed by atoms with Crippen molar-refractivity contribution in [1.29, 1.82) is 0 Å². The number of halogens is 3. The standard InChI is InChI=1S/C17H16F3N3OS2/c1-4-9-5-6-12(26-9)11-7-10(17(18,19)20)13-14(21-11)23(8(2)3)16(25)22-15(13)24/h5-8H,4H2,1-3H3,(H,22,24,25). The smallest absolute Gasteiger partial charge is 0.300 e. The van der Waals surface area contributed by atoms with Gasteiger partial charge in [0.15, 0.2) is 4.77 Å². The van der Waals surface area contributed by atoms with E-state index in [0.717, 1.165) is 17.4 Å². The van der Waals surface area contributed by atoms with Gasteiger partial charge in [0.05, 0.1) is 21.5 Å². The van der Waals surface area contributed by atoms with Gasteiger partial charge in [0.1, 0.15) is 5.65 Å². The third-order valence-corrected chi connectivity index (χ3v) is 5.53. The Bertz CT molecular complexity index is 1090. The maximum Gasteiger partial charge on any atom is 0.417 e. The van der Waals surface area contributed by atoms with E-state index in [1.807, 2.05) is 13.0 Å². The lowest BCUT2D eigenvalue weighted by Crippen LogP contribution is -2.21. The maximum atomic E-state index is 13.7. The highest BCUT2D eigenvalue weighted by molar-refractivity contribution is 7.71. The van der Waals surface area contributed by atoms with Crippen molar-refractivity contribution in [2.75, 3.05) is 0 Å². The summed E-state index contributed by atoms with van der Waals surface area (Å²) in [6.07, 6.45) is -3.90. The molecule has 138 valence electrons. The molecule has 0 atom stereocenters. The quantitative estimate of drug-likeness (QED) is 0.605. The number of aryl methyl sites for hydroxylation is 1. The van der Waals surface area contributed by atoms with E-state index < -0.39 is 22.7 Å². The van der Waals surface area contributed by atoms with Crippen molar-refractivity contribution < 1.29 is 13.2 Å². The molecule has 3 aromatic rings. The summed E-state index contributed by atoms with van der Waals surface area (Å²) in [6, 6.07) is 4.29. The molecule has 0 aliphatic heterocycles. The van der Waals surface area contributed by atoms with Gasteiger partial charge in [-0.15, -0.1) is 11.3 Å². The van der Waals surface area contributed by atoms with E-state index in [-0.39, 0.29) is 22.2 Å². The highest BCUT2D eigenvalue weighted by Crippen LogP contribution is 2.37. The maximum absolute atomic E-state index is 13.7. The van der Waals surface area contributed by atoms with Gasteiger partial charge in [0.2, 0.25) is 0 Å². The van der Waals surface area contributed by atoms with Gasteiger partial charge in [-0.3, -0.25) is 14.3 Å². The second-order valence-corrected chi connectivity index (χ2v) is 7.65. The van der Waals surface area contributed by atoms with E-state index in [2.05, 4.69) is 9.97 Å². The summed E-state index contributed by atoms with van der Waals surface area (Å²) in [7, 11) is 0. The summed E-state index contributed by atoms with van der Waals surface area (Å²) in [6.45, 7) is 5.52. The van der Waals surface area contributed by atoms with E-state index in [1.54, 1.807) is 19.9 Å². The summed E-state index contributed by atoms with van der Waals surface area (Å²) in [5.41, 5.74) is -1.75.